The number of hydrogen-bond donors (Lipinski definition) is 0. The Morgan fingerprint density at radius 3 is 3.20 bits per heavy atom. The Bertz CT molecular complexity index is 225. The second-order valence-electron chi connectivity index (χ2n) is 4.20. The van der Waals surface area contributed by atoms with Crippen LogP contribution in [-0.2, 0) is 4.74 Å². The molecule has 1 fully saturated rings. The lowest BCUT2D eigenvalue weighted by molar-refractivity contribution is 0.0241. The van der Waals surface area contributed by atoms with Gasteiger partial charge < -0.3 is 4.74 Å². The van der Waals surface area contributed by atoms with E-state index in [1.54, 1.807) is 0 Å². The molecule has 0 N–H and O–H groups in total. The number of fused-ring (bicyclic) bond motifs is 1. The van der Waals surface area contributed by atoms with Crippen molar-refractivity contribution in [3.63, 3.8) is 0 Å². The normalized spacial score (nSPS) is 34.3. The highest BCUT2D eigenvalue weighted by Crippen LogP contribution is 2.35. The zero-order chi connectivity index (χ0) is 10.5. The van der Waals surface area contributed by atoms with Gasteiger partial charge in [0.1, 0.15) is 0 Å². The maximum absolute atomic E-state index is 5.89. The second kappa shape index (κ2) is 6.26. The number of aliphatic imine (C=N–C) groups is 1. The molecule has 0 aromatic heterocycles. The van der Waals surface area contributed by atoms with Crippen LogP contribution in [0, 0.1) is 0 Å². The molecule has 0 aromatic carbocycles. The monoisotopic (exact) mass is 291 g/mol. The fourth-order valence-corrected chi connectivity index (χ4v) is 3.60. The van der Waals surface area contributed by atoms with Crippen LogP contribution in [0.1, 0.15) is 32.1 Å². The van der Waals surface area contributed by atoms with Crippen LogP contribution in [-0.4, -0.2) is 34.9 Å². The molecule has 0 radical (unpaired) electrons. The first-order valence-corrected chi connectivity index (χ1v) is 7.81. The van der Waals surface area contributed by atoms with Crippen molar-refractivity contribution in [2.24, 2.45) is 4.99 Å². The van der Waals surface area contributed by atoms with Gasteiger partial charge >= 0.3 is 0 Å². The molecule has 2 nitrogen and oxygen atoms in total. The third kappa shape index (κ3) is 3.46. The van der Waals surface area contributed by atoms with Gasteiger partial charge in [0.25, 0.3) is 0 Å². The summed E-state index contributed by atoms with van der Waals surface area (Å²) < 4.78 is 5.89. The van der Waals surface area contributed by atoms with E-state index in [0.29, 0.717) is 12.1 Å². The van der Waals surface area contributed by atoms with Crippen LogP contribution in [0.4, 0.5) is 0 Å². The van der Waals surface area contributed by atoms with Gasteiger partial charge in [0.15, 0.2) is 0 Å². The molecular weight excluding hydrogens is 274 g/mol. The zero-order valence-corrected chi connectivity index (χ0v) is 11.3. The van der Waals surface area contributed by atoms with Gasteiger partial charge in [0.05, 0.1) is 17.7 Å². The molecule has 1 aliphatic carbocycles. The number of nitrogens with zero attached hydrogens (tertiary/aromatic N) is 1. The Kier molecular flexibility index (Phi) is 4.98. The highest BCUT2D eigenvalue weighted by molar-refractivity contribution is 9.09. The van der Waals surface area contributed by atoms with Gasteiger partial charge in [-0.15, -0.1) is 11.8 Å². The highest BCUT2D eigenvalue weighted by atomic mass is 79.9. The van der Waals surface area contributed by atoms with E-state index in [-0.39, 0.29) is 0 Å². The summed E-state index contributed by atoms with van der Waals surface area (Å²) in [6, 6.07) is 0.546. The molecule has 0 amide bonds. The molecular formula is C11H18BrNOS. The van der Waals surface area contributed by atoms with Gasteiger partial charge in [0.2, 0.25) is 0 Å². The third-order valence-electron chi connectivity index (χ3n) is 3.08. The minimum atomic E-state index is 0.470. The molecule has 4 heteroatoms. The molecule has 1 aliphatic heterocycles. The van der Waals surface area contributed by atoms with Crippen molar-refractivity contribution in [1.82, 2.24) is 0 Å². The lowest BCUT2D eigenvalue weighted by atomic mass is 9.93. The van der Waals surface area contributed by atoms with E-state index in [1.165, 1.54) is 25.7 Å². The van der Waals surface area contributed by atoms with Gasteiger partial charge in [-0.25, -0.2) is 0 Å². The van der Waals surface area contributed by atoms with Crippen LogP contribution in [0.15, 0.2) is 4.99 Å². The number of unbranched alkanes of at least 4 members (excludes halogenated alkanes) is 1. The minimum absolute atomic E-state index is 0.470. The first kappa shape index (κ1) is 11.9. The zero-order valence-electron chi connectivity index (χ0n) is 8.90. The molecule has 15 heavy (non-hydrogen) atoms. The number of hydrogen-bond acceptors (Lipinski definition) is 3. The van der Waals surface area contributed by atoms with Gasteiger partial charge in [-0.2, -0.15) is 0 Å². The molecule has 86 valence electrons. The molecule has 3 unspecified atom stereocenters. The largest absolute Gasteiger partial charge is 0.378 e. The van der Waals surface area contributed by atoms with Crippen LogP contribution in [0.5, 0.6) is 0 Å². The van der Waals surface area contributed by atoms with Crippen LogP contribution >= 0.6 is 27.7 Å². The van der Waals surface area contributed by atoms with Gasteiger partial charge in [-0.1, -0.05) is 15.9 Å². The summed E-state index contributed by atoms with van der Waals surface area (Å²) in [5.41, 5.74) is 2.03. The molecule has 2 rings (SSSR count). The number of alkyl halides is 1. The molecule has 3 atom stereocenters. The SMILES string of the molecule is BrCCCCOC1CCC2SC=NC2C1. The smallest absolute Gasteiger partial charge is 0.0652 e. The lowest BCUT2D eigenvalue weighted by Gasteiger charge is -2.29. The van der Waals surface area contributed by atoms with Crippen molar-refractivity contribution in [2.75, 3.05) is 11.9 Å². The fraction of sp³-hybridized carbons (Fsp3) is 0.909. The molecule has 0 bridgehead atoms. The van der Waals surface area contributed by atoms with Gasteiger partial charge in [-0.3, -0.25) is 4.99 Å². The summed E-state index contributed by atoms with van der Waals surface area (Å²) >= 11 is 5.34. The predicted octanol–water partition coefficient (Wildman–Crippen LogP) is 3.24. The van der Waals surface area contributed by atoms with Crippen LogP contribution in [0.3, 0.4) is 0 Å². The van der Waals surface area contributed by atoms with Crippen molar-refractivity contribution >= 4 is 33.2 Å². The Labute approximate surface area is 104 Å². The summed E-state index contributed by atoms with van der Waals surface area (Å²) in [5, 5.41) is 1.85. The first-order valence-electron chi connectivity index (χ1n) is 5.75. The van der Waals surface area contributed by atoms with Gasteiger partial charge in [-0.05, 0) is 32.1 Å². The van der Waals surface area contributed by atoms with Crippen LogP contribution in [0.25, 0.3) is 0 Å². The van der Waals surface area contributed by atoms with Crippen molar-refractivity contribution in [3.05, 3.63) is 0 Å². The van der Waals surface area contributed by atoms with Crippen molar-refractivity contribution < 1.29 is 4.74 Å². The van der Waals surface area contributed by atoms with E-state index in [1.807, 2.05) is 17.3 Å². The maximum Gasteiger partial charge on any atom is 0.0652 e. The molecule has 0 saturated heterocycles. The Balaban J connectivity index is 1.64. The minimum Gasteiger partial charge on any atom is -0.378 e. The van der Waals surface area contributed by atoms with E-state index < -0.39 is 0 Å². The third-order valence-corrected chi connectivity index (χ3v) is 4.78. The van der Waals surface area contributed by atoms with Crippen LogP contribution < -0.4 is 0 Å². The van der Waals surface area contributed by atoms with Crippen molar-refractivity contribution in [2.45, 2.75) is 49.5 Å². The first-order chi connectivity index (χ1) is 7.40. The van der Waals surface area contributed by atoms with Gasteiger partial charge in [0, 0.05) is 17.2 Å². The highest BCUT2D eigenvalue weighted by Gasteiger charge is 2.33. The Morgan fingerprint density at radius 2 is 2.33 bits per heavy atom. The number of ether oxygens (including phenoxy) is 1. The maximum atomic E-state index is 5.89. The van der Waals surface area contributed by atoms with Crippen LogP contribution in [0.2, 0.25) is 0 Å². The van der Waals surface area contributed by atoms with E-state index in [9.17, 15) is 0 Å². The lowest BCUT2D eigenvalue weighted by Crippen LogP contribution is -2.32. The number of rotatable bonds is 5. The predicted molar refractivity (Wildman–Crippen MR) is 70.3 cm³/mol. The fourth-order valence-electron chi connectivity index (χ4n) is 2.19. The molecule has 0 spiro atoms. The molecule has 1 saturated carbocycles. The van der Waals surface area contributed by atoms with Crippen molar-refractivity contribution in [1.29, 1.82) is 0 Å². The quantitative estimate of drug-likeness (QED) is 0.573. The summed E-state index contributed by atoms with van der Waals surface area (Å²) in [6.45, 7) is 0.921. The van der Waals surface area contributed by atoms with Crippen molar-refractivity contribution in [3.8, 4) is 0 Å². The Hall–Kier alpha value is 0.460. The summed E-state index contributed by atoms with van der Waals surface area (Å²) in [7, 11) is 0. The molecule has 1 heterocycles. The molecule has 2 aliphatic rings. The number of halogens is 1. The topological polar surface area (TPSA) is 21.6 Å². The Morgan fingerprint density at radius 1 is 1.40 bits per heavy atom. The summed E-state index contributed by atoms with van der Waals surface area (Å²) in [6.07, 6.45) is 6.50. The standard InChI is InChI=1S/C11H18BrNOS/c12-5-1-2-6-14-9-3-4-11-10(7-9)13-8-15-11/h8-11H,1-7H2. The average molecular weight is 292 g/mol. The number of thioether (sulfide) groups is 1. The summed E-state index contributed by atoms with van der Waals surface area (Å²) in [5.74, 6) is 0. The van der Waals surface area contributed by atoms with E-state index >= 15 is 0 Å². The molecule has 0 aromatic rings. The van der Waals surface area contributed by atoms with E-state index in [2.05, 4.69) is 20.9 Å². The van der Waals surface area contributed by atoms with E-state index in [0.717, 1.165) is 23.6 Å². The second-order valence-corrected chi connectivity index (χ2v) is 6.08. The average Bonchev–Trinajstić information content (AvgIpc) is 2.71. The summed E-state index contributed by atoms with van der Waals surface area (Å²) in [4.78, 5) is 4.50. The van der Waals surface area contributed by atoms with E-state index in [4.69, 9.17) is 4.74 Å².